The number of piperidine rings is 1. The number of nitrogens with one attached hydrogen (secondary N) is 1. The highest BCUT2D eigenvalue weighted by atomic mass is 19.4. The van der Waals surface area contributed by atoms with Crippen molar-refractivity contribution >= 4 is 17.0 Å². The molecule has 10 heteroatoms. The first kappa shape index (κ1) is 22.4. The molecule has 1 aliphatic heterocycles. The minimum atomic E-state index is -4.61. The summed E-state index contributed by atoms with van der Waals surface area (Å²) in [6.45, 7) is 2.93. The van der Waals surface area contributed by atoms with Crippen LogP contribution in [0.2, 0.25) is 0 Å². The number of fused-ring (bicyclic) bond motifs is 1. The Morgan fingerprint density at radius 1 is 1.03 bits per heavy atom. The predicted molar refractivity (Wildman–Crippen MR) is 122 cm³/mol. The third-order valence-corrected chi connectivity index (χ3v) is 6.31. The normalized spacial score (nSPS) is 15.8. The van der Waals surface area contributed by atoms with Gasteiger partial charge in [0.25, 0.3) is 11.7 Å². The van der Waals surface area contributed by atoms with E-state index in [4.69, 9.17) is 9.51 Å². The quantitative estimate of drug-likeness (QED) is 0.438. The molecule has 0 radical (unpaired) electrons. The van der Waals surface area contributed by atoms with E-state index in [-0.39, 0.29) is 5.89 Å². The molecule has 7 nitrogen and oxygen atoms in total. The van der Waals surface area contributed by atoms with Crippen molar-refractivity contribution in [2.45, 2.75) is 31.5 Å². The average molecular weight is 470 g/mol. The molecular formula is C24H25F3N6O. The minimum Gasteiger partial charge on any atom is -0.353 e. The molecule has 3 heterocycles. The molecule has 0 unspecified atom stereocenters. The van der Waals surface area contributed by atoms with Crippen LogP contribution in [0.4, 0.5) is 19.1 Å². The Kier molecular flexibility index (Phi) is 5.99. The van der Waals surface area contributed by atoms with Gasteiger partial charge in [-0.25, -0.2) is 4.98 Å². The third-order valence-electron chi connectivity index (χ3n) is 6.31. The van der Waals surface area contributed by atoms with Gasteiger partial charge in [0.15, 0.2) is 0 Å². The number of rotatable bonds is 6. The molecule has 0 spiro atoms. The lowest BCUT2D eigenvalue weighted by atomic mass is 10.0. The van der Waals surface area contributed by atoms with E-state index >= 15 is 0 Å². The van der Waals surface area contributed by atoms with Crippen LogP contribution in [0.3, 0.4) is 0 Å². The topological polar surface area (TPSA) is 72.0 Å². The number of imidazole rings is 1. The van der Waals surface area contributed by atoms with Crippen LogP contribution in [0.15, 0.2) is 53.1 Å². The zero-order valence-electron chi connectivity index (χ0n) is 18.7. The second kappa shape index (κ2) is 9.09. The van der Waals surface area contributed by atoms with Crippen LogP contribution < -0.4 is 5.32 Å². The number of halogens is 3. The van der Waals surface area contributed by atoms with Crippen molar-refractivity contribution in [2.24, 2.45) is 7.05 Å². The number of para-hydroxylation sites is 2. The van der Waals surface area contributed by atoms with Gasteiger partial charge in [0.1, 0.15) is 0 Å². The van der Waals surface area contributed by atoms with E-state index in [2.05, 4.69) is 31.0 Å². The van der Waals surface area contributed by atoms with Crippen LogP contribution >= 0.6 is 0 Å². The van der Waals surface area contributed by atoms with E-state index in [9.17, 15) is 13.2 Å². The molecule has 1 saturated heterocycles. The standard InChI is InChI=1S/C24H25F3N6O/c1-32-20-5-3-2-4-19(20)29-23(32)28-18-11-14-33(15-12-18)13-10-16-6-8-17(9-7-16)21-30-22(31-34-21)24(25,26)27/h2-9,18H,10-15H2,1H3,(H,28,29). The van der Waals surface area contributed by atoms with Gasteiger partial charge >= 0.3 is 6.18 Å². The number of hydrogen-bond acceptors (Lipinski definition) is 6. The van der Waals surface area contributed by atoms with Gasteiger partial charge in [-0.05, 0) is 49.1 Å². The summed E-state index contributed by atoms with van der Waals surface area (Å²) in [5, 5.41) is 6.60. The maximum absolute atomic E-state index is 12.7. The SMILES string of the molecule is Cn1c(NC2CCN(CCc3ccc(-c4nc(C(F)(F)F)no4)cc3)CC2)nc2ccccc21. The first-order valence-corrected chi connectivity index (χ1v) is 11.3. The summed E-state index contributed by atoms with van der Waals surface area (Å²) in [5.41, 5.74) is 3.70. The molecule has 0 atom stereocenters. The average Bonchev–Trinajstić information content (AvgIpc) is 3.45. The lowest BCUT2D eigenvalue weighted by molar-refractivity contribution is -0.146. The lowest BCUT2D eigenvalue weighted by Crippen LogP contribution is -2.40. The van der Waals surface area contributed by atoms with Crippen LogP contribution in [0.1, 0.15) is 24.2 Å². The molecule has 5 rings (SSSR count). The molecule has 1 aliphatic rings. The summed E-state index contributed by atoms with van der Waals surface area (Å²) < 4.78 is 44.8. The highest BCUT2D eigenvalue weighted by Crippen LogP contribution is 2.29. The summed E-state index contributed by atoms with van der Waals surface area (Å²) in [5.74, 6) is -0.488. The van der Waals surface area contributed by atoms with Crippen molar-refractivity contribution < 1.29 is 17.7 Å². The number of aromatic nitrogens is 4. The molecule has 2 aromatic heterocycles. The van der Waals surface area contributed by atoms with Gasteiger partial charge in [-0.15, -0.1) is 0 Å². The predicted octanol–water partition coefficient (Wildman–Crippen LogP) is 4.76. The van der Waals surface area contributed by atoms with Gasteiger partial charge in [0, 0.05) is 38.3 Å². The Bertz CT molecular complexity index is 1260. The number of likely N-dealkylation sites (tertiary alicyclic amines) is 1. The Labute approximate surface area is 194 Å². The van der Waals surface area contributed by atoms with E-state index in [0.29, 0.717) is 11.6 Å². The van der Waals surface area contributed by atoms with Gasteiger partial charge in [0.05, 0.1) is 11.0 Å². The second-order valence-corrected chi connectivity index (χ2v) is 8.61. The van der Waals surface area contributed by atoms with Gasteiger partial charge in [0.2, 0.25) is 5.95 Å². The monoisotopic (exact) mass is 470 g/mol. The van der Waals surface area contributed by atoms with Crippen molar-refractivity contribution in [3.63, 3.8) is 0 Å². The first-order chi connectivity index (χ1) is 16.4. The van der Waals surface area contributed by atoms with E-state index < -0.39 is 12.0 Å². The molecule has 0 bridgehead atoms. The number of benzene rings is 2. The van der Waals surface area contributed by atoms with Gasteiger partial charge in [-0.3, -0.25) is 0 Å². The number of alkyl halides is 3. The molecule has 0 amide bonds. The zero-order valence-corrected chi connectivity index (χ0v) is 18.7. The van der Waals surface area contributed by atoms with Gasteiger partial charge in [-0.2, -0.15) is 18.2 Å². The molecule has 1 fully saturated rings. The Balaban J connectivity index is 1.11. The Morgan fingerprint density at radius 3 is 2.44 bits per heavy atom. The van der Waals surface area contributed by atoms with Crippen molar-refractivity contribution in [1.82, 2.24) is 24.6 Å². The van der Waals surface area contributed by atoms with Crippen molar-refractivity contribution in [2.75, 3.05) is 25.0 Å². The van der Waals surface area contributed by atoms with Crippen molar-refractivity contribution in [3.05, 3.63) is 59.9 Å². The van der Waals surface area contributed by atoms with E-state index in [1.54, 1.807) is 12.1 Å². The van der Waals surface area contributed by atoms with Crippen molar-refractivity contribution in [1.29, 1.82) is 0 Å². The molecule has 0 aliphatic carbocycles. The maximum atomic E-state index is 12.7. The molecule has 1 N–H and O–H groups in total. The van der Waals surface area contributed by atoms with Crippen LogP contribution in [-0.4, -0.2) is 50.3 Å². The highest BCUT2D eigenvalue weighted by molar-refractivity contribution is 5.78. The molecule has 0 saturated carbocycles. The number of anilines is 1. The third kappa shape index (κ3) is 4.77. The summed E-state index contributed by atoms with van der Waals surface area (Å²) in [6.07, 6.45) is -1.67. The zero-order chi connectivity index (χ0) is 23.7. The smallest absolute Gasteiger partial charge is 0.353 e. The summed E-state index contributed by atoms with van der Waals surface area (Å²) >= 11 is 0. The van der Waals surface area contributed by atoms with Crippen LogP contribution in [0.5, 0.6) is 0 Å². The van der Waals surface area contributed by atoms with E-state index in [0.717, 1.165) is 61.4 Å². The largest absolute Gasteiger partial charge is 0.455 e. The van der Waals surface area contributed by atoms with Gasteiger partial charge in [-0.1, -0.05) is 29.4 Å². The first-order valence-electron chi connectivity index (χ1n) is 11.3. The molecule has 2 aromatic carbocycles. The van der Waals surface area contributed by atoms with Crippen LogP contribution in [0, 0.1) is 0 Å². The minimum absolute atomic E-state index is 0.131. The highest BCUT2D eigenvalue weighted by Gasteiger charge is 2.37. The number of aryl methyl sites for hydroxylation is 1. The summed E-state index contributed by atoms with van der Waals surface area (Å²) in [4.78, 5) is 10.6. The lowest BCUT2D eigenvalue weighted by Gasteiger charge is -2.32. The van der Waals surface area contributed by atoms with Crippen molar-refractivity contribution in [3.8, 4) is 11.5 Å². The fourth-order valence-corrected chi connectivity index (χ4v) is 4.32. The summed E-state index contributed by atoms with van der Waals surface area (Å²) in [6, 6.07) is 15.7. The maximum Gasteiger partial charge on any atom is 0.455 e. The van der Waals surface area contributed by atoms with E-state index in [1.165, 1.54) is 0 Å². The summed E-state index contributed by atoms with van der Waals surface area (Å²) in [7, 11) is 2.03. The number of hydrogen-bond donors (Lipinski definition) is 1. The fraction of sp³-hybridized carbons (Fsp3) is 0.375. The molecule has 4 aromatic rings. The van der Waals surface area contributed by atoms with Gasteiger partial charge < -0.3 is 19.3 Å². The molecular weight excluding hydrogens is 445 g/mol. The molecule has 34 heavy (non-hydrogen) atoms. The van der Waals surface area contributed by atoms with Crippen LogP contribution in [-0.2, 0) is 19.6 Å². The Morgan fingerprint density at radius 2 is 1.76 bits per heavy atom. The second-order valence-electron chi connectivity index (χ2n) is 8.61. The van der Waals surface area contributed by atoms with Crippen LogP contribution in [0.25, 0.3) is 22.5 Å². The fourth-order valence-electron chi connectivity index (χ4n) is 4.32. The molecule has 178 valence electrons. The number of nitrogens with zero attached hydrogens (tertiary/aromatic N) is 5. The Hall–Kier alpha value is -3.40. The van der Waals surface area contributed by atoms with E-state index in [1.807, 2.05) is 37.4 Å².